The molecule has 1 heterocycles. The van der Waals surface area contributed by atoms with Gasteiger partial charge in [0.25, 0.3) is 0 Å². The van der Waals surface area contributed by atoms with Crippen LogP contribution in [0.2, 0.25) is 0 Å². The summed E-state index contributed by atoms with van der Waals surface area (Å²) in [6, 6.07) is 10.4. The quantitative estimate of drug-likeness (QED) is 0.527. The molecule has 0 saturated carbocycles. The van der Waals surface area contributed by atoms with Gasteiger partial charge in [-0.3, -0.25) is 4.79 Å². The van der Waals surface area contributed by atoms with Crippen LogP contribution in [0.1, 0.15) is 35.0 Å². The highest BCUT2D eigenvalue weighted by atomic mass is 127. The Morgan fingerprint density at radius 1 is 1.28 bits per heavy atom. The monoisotopic (exact) mass is 370 g/mol. The molecule has 0 aliphatic heterocycles. The standard InChI is InChI=1S/C15H15IOS/c1-3-4-13(17)15-8-7-14(18-15)12-9-11(16)6-5-10(12)2/h5-9H,3-4H2,1-2H3. The zero-order valence-electron chi connectivity index (χ0n) is 10.5. The van der Waals surface area contributed by atoms with Crippen molar-refractivity contribution >= 4 is 39.7 Å². The summed E-state index contributed by atoms with van der Waals surface area (Å²) in [5.74, 6) is 0.261. The van der Waals surface area contributed by atoms with Crippen molar-refractivity contribution in [1.29, 1.82) is 0 Å². The molecule has 1 aromatic heterocycles. The van der Waals surface area contributed by atoms with Gasteiger partial charge in [0, 0.05) is 14.9 Å². The second kappa shape index (κ2) is 5.97. The molecule has 2 aromatic rings. The summed E-state index contributed by atoms with van der Waals surface area (Å²) in [5, 5.41) is 0. The van der Waals surface area contributed by atoms with Crippen molar-refractivity contribution in [3.8, 4) is 10.4 Å². The molecule has 0 amide bonds. The summed E-state index contributed by atoms with van der Waals surface area (Å²) in [6.45, 7) is 4.15. The van der Waals surface area contributed by atoms with E-state index in [1.807, 2.05) is 13.0 Å². The van der Waals surface area contributed by atoms with Gasteiger partial charge in [-0.25, -0.2) is 0 Å². The largest absolute Gasteiger partial charge is 0.293 e. The Balaban J connectivity index is 2.35. The molecule has 94 valence electrons. The second-order valence-electron chi connectivity index (χ2n) is 4.30. The molecule has 0 bridgehead atoms. The molecule has 1 nitrogen and oxygen atoms in total. The van der Waals surface area contributed by atoms with Gasteiger partial charge in [-0.2, -0.15) is 0 Å². The minimum absolute atomic E-state index is 0.261. The van der Waals surface area contributed by atoms with E-state index < -0.39 is 0 Å². The molecule has 3 heteroatoms. The Morgan fingerprint density at radius 3 is 2.78 bits per heavy atom. The molecule has 0 aliphatic carbocycles. The number of carbonyl (C=O) groups is 1. The van der Waals surface area contributed by atoms with Crippen LogP contribution in [-0.2, 0) is 0 Å². The van der Waals surface area contributed by atoms with E-state index in [1.165, 1.54) is 19.6 Å². The maximum absolute atomic E-state index is 11.9. The van der Waals surface area contributed by atoms with E-state index in [1.54, 1.807) is 11.3 Å². The summed E-state index contributed by atoms with van der Waals surface area (Å²) in [6.07, 6.45) is 1.56. The van der Waals surface area contributed by atoms with Gasteiger partial charge < -0.3 is 0 Å². The van der Waals surface area contributed by atoms with Crippen LogP contribution < -0.4 is 0 Å². The van der Waals surface area contributed by atoms with Crippen molar-refractivity contribution in [3.05, 3.63) is 44.3 Å². The van der Waals surface area contributed by atoms with Gasteiger partial charge in [-0.1, -0.05) is 13.0 Å². The first kappa shape index (κ1) is 13.7. The van der Waals surface area contributed by atoms with Gasteiger partial charge in [-0.15, -0.1) is 11.3 Å². The predicted molar refractivity (Wildman–Crippen MR) is 86.4 cm³/mol. The fraction of sp³-hybridized carbons (Fsp3) is 0.267. The summed E-state index contributed by atoms with van der Waals surface area (Å²) < 4.78 is 1.23. The Bertz CT molecular complexity index is 572. The van der Waals surface area contributed by atoms with Crippen LogP contribution in [-0.4, -0.2) is 5.78 Å². The van der Waals surface area contributed by atoms with E-state index in [0.717, 1.165) is 11.3 Å². The molecular weight excluding hydrogens is 355 g/mol. The lowest BCUT2D eigenvalue weighted by Crippen LogP contribution is -1.93. The van der Waals surface area contributed by atoms with E-state index in [4.69, 9.17) is 0 Å². The lowest BCUT2D eigenvalue weighted by molar-refractivity contribution is 0.0985. The fourth-order valence-electron chi connectivity index (χ4n) is 1.84. The first-order chi connectivity index (χ1) is 8.61. The van der Waals surface area contributed by atoms with Crippen LogP contribution >= 0.6 is 33.9 Å². The van der Waals surface area contributed by atoms with Crippen LogP contribution in [0.15, 0.2) is 30.3 Å². The van der Waals surface area contributed by atoms with Gasteiger partial charge >= 0.3 is 0 Å². The molecule has 1 aromatic carbocycles. The van der Waals surface area contributed by atoms with Crippen LogP contribution in [0.3, 0.4) is 0 Å². The summed E-state index contributed by atoms with van der Waals surface area (Å²) in [5.41, 5.74) is 2.49. The minimum Gasteiger partial charge on any atom is -0.293 e. The molecule has 18 heavy (non-hydrogen) atoms. The number of rotatable bonds is 4. The van der Waals surface area contributed by atoms with E-state index in [0.29, 0.717) is 6.42 Å². The summed E-state index contributed by atoms with van der Waals surface area (Å²) >= 11 is 3.92. The van der Waals surface area contributed by atoms with Crippen molar-refractivity contribution < 1.29 is 4.79 Å². The van der Waals surface area contributed by atoms with E-state index in [-0.39, 0.29) is 5.78 Å². The first-order valence-corrected chi connectivity index (χ1v) is 7.91. The Labute approximate surface area is 125 Å². The third-order valence-corrected chi connectivity index (χ3v) is 4.65. The molecular formula is C15H15IOS. The number of carbonyl (C=O) groups excluding carboxylic acids is 1. The molecule has 0 atom stereocenters. The Morgan fingerprint density at radius 2 is 2.06 bits per heavy atom. The number of benzene rings is 1. The van der Waals surface area contributed by atoms with E-state index in [2.05, 4.69) is 53.8 Å². The van der Waals surface area contributed by atoms with Crippen molar-refractivity contribution in [2.45, 2.75) is 26.7 Å². The van der Waals surface area contributed by atoms with E-state index in [9.17, 15) is 4.79 Å². The average Bonchev–Trinajstić information content (AvgIpc) is 2.82. The predicted octanol–water partition coefficient (Wildman–Crippen LogP) is 5.31. The number of aryl methyl sites for hydroxylation is 1. The van der Waals surface area contributed by atoms with Gasteiger partial charge in [0.1, 0.15) is 0 Å². The van der Waals surface area contributed by atoms with Crippen LogP contribution in [0.4, 0.5) is 0 Å². The normalized spacial score (nSPS) is 10.6. The lowest BCUT2D eigenvalue weighted by Gasteiger charge is -2.03. The number of ketones is 1. The molecule has 0 unspecified atom stereocenters. The highest BCUT2D eigenvalue weighted by molar-refractivity contribution is 14.1. The van der Waals surface area contributed by atoms with Crippen LogP contribution in [0.25, 0.3) is 10.4 Å². The molecule has 0 radical (unpaired) electrons. The zero-order chi connectivity index (χ0) is 13.1. The van der Waals surface area contributed by atoms with Crippen molar-refractivity contribution in [2.24, 2.45) is 0 Å². The first-order valence-electron chi connectivity index (χ1n) is 6.01. The van der Waals surface area contributed by atoms with Crippen LogP contribution in [0, 0.1) is 10.5 Å². The van der Waals surface area contributed by atoms with Gasteiger partial charge in [-0.05, 0) is 71.3 Å². The Kier molecular flexibility index (Phi) is 4.56. The number of hydrogen-bond acceptors (Lipinski definition) is 2. The lowest BCUT2D eigenvalue weighted by atomic mass is 10.1. The third kappa shape index (κ3) is 3.01. The van der Waals surface area contributed by atoms with Gasteiger partial charge in [0.15, 0.2) is 5.78 Å². The number of thiophene rings is 1. The topological polar surface area (TPSA) is 17.1 Å². The maximum atomic E-state index is 11.9. The molecule has 0 spiro atoms. The highest BCUT2D eigenvalue weighted by Crippen LogP contribution is 2.32. The van der Waals surface area contributed by atoms with Crippen molar-refractivity contribution in [3.63, 3.8) is 0 Å². The SMILES string of the molecule is CCCC(=O)c1ccc(-c2cc(I)ccc2C)s1. The molecule has 0 fully saturated rings. The van der Waals surface area contributed by atoms with Gasteiger partial charge in [0.2, 0.25) is 0 Å². The van der Waals surface area contributed by atoms with Gasteiger partial charge in [0.05, 0.1) is 4.88 Å². The third-order valence-electron chi connectivity index (χ3n) is 2.82. The minimum atomic E-state index is 0.261. The number of hydrogen-bond donors (Lipinski definition) is 0. The van der Waals surface area contributed by atoms with Crippen molar-refractivity contribution in [2.75, 3.05) is 0 Å². The second-order valence-corrected chi connectivity index (χ2v) is 6.63. The summed E-state index contributed by atoms with van der Waals surface area (Å²) in [7, 11) is 0. The maximum Gasteiger partial charge on any atom is 0.172 e. The van der Waals surface area contributed by atoms with Crippen molar-refractivity contribution in [1.82, 2.24) is 0 Å². The zero-order valence-corrected chi connectivity index (χ0v) is 13.5. The molecule has 2 rings (SSSR count). The molecule has 0 aliphatic rings. The Hall–Kier alpha value is -0.680. The molecule has 0 saturated heterocycles. The highest BCUT2D eigenvalue weighted by Gasteiger charge is 2.11. The molecule has 0 N–H and O–H groups in total. The van der Waals surface area contributed by atoms with E-state index >= 15 is 0 Å². The van der Waals surface area contributed by atoms with Crippen LogP contribution in [0.5, 0.6) is 0 Å². The smallest absolute Gasteiger partial charge is 0.172 e. The number of halogens is 1. The number of Topliss-reactive ketones (excluding diaryl/α,β-unsaturated/α-hetero) is 1. The average molecular weight is 370 g/mol. The summed E-state index contributed by atoms with van der Waals surface area (Å²) in [4.78, 5) is 13.9. The fourth-order valence-corrected chi connectivity index (χ4v) is 3.39.